The second-order valence-electron chi connectivity index (χ2n) is 15.2. The van der Waals surface area contributed by atoms with Crippen molar-refractivity contribution in [2.75, 3.05) is 13.7 Å². The summed E-state index contributed by atoms with van der Waals surface area (Å²) in [6, 6.07) is 4.22. The van der Waals surface area contributed by atoms with E-state index in [0.717, 1.165) is 0 Å². The molecule has 0 unspecified atom stereocenters. The largest absolute Gasteiger partial charge is 0.496 e. The number of tetrazole rings is 1. The number of sulfonamides is 1. The molecule has 5 atom stereocenters. The van der Waals surface area contributed by atoms with Crippen LogP contribution in [0.4, 0.5) is 4.79 Å². The number of nitrogens with zero attached hydrogens (tertiary/aromatic N) is 5. The molecule has 2 saturated carbocycles. The van der Waals surface area contributed by atoms with Crippen LogP contribution >= 0.6 is 0 Å². The molecule has 3 fully saturated rings. The number of rotatable bonds is 11. The van der Waals surface area contributed by atoms with E-state index in [4.69, 9.17) is 9.47 Å². The predicted octanol–water partition coefficient (Wildman–Crippen LogP) is 2.10. The zero-order valence-corrected chi connectivity index (χ0v) is 30.2. The number of alkyl carbamates (subject to hydrolysis) is 1. The summed E-state index contributed by atoms with van der Waals surface area (Å²) in [4.78, 5) is 57.6. The second kappa shape index (κ2) is 13.3. The lowest BCUT2D eigenvalue weighted by atomic mass is 9.85. The predicted molar refractivity (Wildman–Crippen MR) is 181 cm³/mol. The van der Waals surface area contributed by atoms with Crippen LogP contribution in [-0.4, -0.2) is 99.5 Å². The van der Waals surface area contributed by atoms with Crippen LogP contribution in [0.25, 0.3) is 11.4 Å². The molecule has 1 saturated heterocycles. The van der Waals surface area contributed by atoms with Crippen molar-refractivity contribution in [3.63, 3.8) is 0 Å². The maximum Gasteiger partial charge on any atom is 0.408 e. The van der Waals surface area contributed by atoms with Crippen LogP contribution in [0, 0.1) is 11.3 Å². The summed E-state index contributed by atoms with van der Waals surface area (Å²) in [7, 11) is -2.38. The Morgan fingerprint density at radius 2 is 1.78 bits per heavy atom. The van der Waals surface area contributed by atoms with Gasteiger partial charge in [-0.15, -0.1) is 16.8 Å². The summed E-state index contributed by atoms with van der Waals surface area (Å²) in [5.41, 5.74) is -2.62. The summed E-state index contributed by atoms with van der Waals surface area (Å²) in [5, 5.41) is 17.8. The first-order chi connectivity index (χ1) is 23.3. The van der Waals surface area contributed by atoms with Crippen molar-refractivity contribution in [1.82, 2.24) is 40.5 Å². The average molecular weight is 715 g/mol. The molecule has 16 nitrogen and oxygen atoms in total. The smallest absolute Gasteiger partial charge is 0.408 e. The number of methoxy groups -OCH3 is 1. The maximum absolute atomic E-state index is 14.4. The fourth-order valence-electron chi connectivity index (χ4n) is 6.05. The highest BCUT2D eigenvalue weighted by molar-refractivity contribution is 7.91. The van der Waals surface area contributed by atoms with Crippen molar-refractivity contribution < 1.29 is 37.1 Å². The van der Waals surface area contributed by atoms with Crippen molar-refractivity contribution in [3.8, 4) is 17.1 Å². The van der Waals surface area contributed by atoms with E-state index in [9.17, 15) is 27.6 Å². The van der Waals surface area contributed by atoms with Crippen LogP contribution in [0.15, 0.2) is 36.9 Å². The molecule has 50 heavy (non-hydrogen) atoms. The molecule has 5 rings (SSSR count). The summed E-state index contributed by atoms with van der Waals surface area (Å²) in [6.45, 7) is 14.1. The van der Waals surface area contributed by atoms with E-state index < -0.39 is 79.7 Å². The van der Waals surface area contributed by atoms with Gasteiger partial charge < -0.3 is 25.0 Å². The number of aromatic nitrogens is 4. The van der Waals surface area contributed by atoms with Crippen molar-refractivity contribution in [2.45, 2.75) is 102 Å². The summed E-state index contributed by atoms with van der Waals surface area (Å²) in [5.74, 6) is -1.83. The Morgan fingerprint density at radius 3 is 2.36 bits per heavy atom. The number of benzene rings is 1. The van der Waals surface area contributed by atoms with Gasteiger partial charge in [-0.25, -0.2) is 13.2 Å². The number of para-hydroxylation sites is 1. The Bertz CT molecular complexity index is 1780. The van der Waals surface area contributed by atoms with Gasteiger partial charge in [-0.05, 0) is 62.8 Å². The number of carbonyl (C=O) groups excluding carboxylic acids is 4. The Morgan fingerprint density at radius 1 is 1.10 bits per heavy atom. The van der Waals surface area contributed by atoms with Crippen molar-refractivity contribution in [2.24, 2.45) is 11.3 Å². The van der Waals surface area contributed by atoms with Crippen LogP contribution in [0.3, 0.4) is 0 Å². The molecule has 0 spiro atoms. The molecule has 2 heterocycles. The highest BCUT2D eigenvalue weighted by Gasteiger charge is 2.62. The molecule has 17 heteroatoms. The first-order valence-electron chi connectivity index (χ1n) is 16.5. The van der Waals surface area contributed by atoms with Gasteiger partial charge in [0.05, 0.1) is 24.0 Å². The Kier molecular flexibility index (Phi) is 9.77. The third-order valence-corrected chi connectivity index (χ3v) is 10.8. The lowest BCUT2D eigenvalue weighted by Gasteiger charge is -2.36. The van der Waals surface area contributed by atoms with Crippen LogP contribution in [-0.2, 0) is 29.1 Å². The third kappa shape index (κ3) is 7.76. The quantitative estimate of drug-likeness (QED) is 0.288. The maximum atomic E-state index is 14.4. The van der Waals surface area contributed by atoms with Crippen LogP contribution < -0.4 is 20.1 Å². The molecular formula is C33H46N8O8S. The van der Waals surface area contributed by atoms with Crippen molar-refractivity contribution in [3.05, 3.63) is 36.9 Å². The molecule has 4 amide bonds. The van der Waals surface area contributed by atoms with Gasteiger partial charge in [0.1, 0.15) is 29.0 Å². The normalized spacial score (nSPS) is 24.1. The topological polar surface area (TPSA) is 204 Å². The minimum absolute atomic E-state index is 0.0272. The van der Waals surface area contributed by atoms with Gasteiger partial charge in [0.15, 0.2) is 0 Å². The SMILES string of the molecule is C=C[C@@H]1C[C@]1(NC(=O)[C@@H]1C[C@@H](n2nnc(-c3ccccc3OC)n2)CN1C(=O)[C@@H](NC(=O)OC(C)(C)C)C(C)(C)C)C(=O)NS(=O)(=O)C1CC1. The first kappa shape index (κ1) is 36.7. The number of nitrogens with one attached hydrogen (secondary N) is 3. The fraction of sp³-hybridized carbons (Fsp3) is 0.606. The summed E-state index contributed by atoms with van der Waals surface area (Å²) >= 11 is 0. The molecule has 1 aromatic carbocycles. The third-order valence-electron chi connectivity index (χ3n) is 8.99. The Balaban J connectivity index is 1.45. The zero-order chi connectivity index (χ0) is 36.8. The Labute approximate surface area is 291 Å². The average Bonchev–Trinajstić information content (AvgIpc) is 3.90. The van der Waals surface area contributed by atoms with E-state index in [1.54, 1.807) is 65.8 Å². The fourth-order valence-corrected chi connectivity index (χ4v) is 7.41. The van der Waals surface area contributed by atoms with E-state index in [0.29, 0.717) is 24.2 Å². The molecule has 2 aliphatic carbocycles. The summed E-state index contributed by atoms with van der Waals surface area (Å²) < 4.78 is 38.3. The van der Waals surface area contributed by atoms with E-state index in [1.165, 1.54) is 22.9 Å². The number of hydrogen-bond donors (Lipinski definition) is 3. The molecule has 0 radical (unpaired) electrons. The molecule has 0 bridgehead atoms. The van der Waals surface area contributed by atoms with Crippen molar-refractivity contribution >= 4 is 33.8 Å². The highest BCUT2D eigenvalue weighted by atomic mass is 32.2. The lowest BCUT2D eigenvalue weighted by Crippen LogP contribution is -2.60. The molecule has 272 valence electrons. The standard InChI is InChI=1S/C33H46N8O8S/c1-9-19-17-33(19,29(44)38-50(46,47)21-14-15-21)35-27(42)23-16-20(41-37-26(36-39-41)22-12-10-11-13-24(22)48-8)18-40(23)28(43)25(31(2,3)4)34-30(45)49-32(5,6)7/h9-13,19-21,23,25H,1,14-18H2,2-8H3,(H,34,45)(H,35,42)(H,38,44)/t19-,20-,23+,25-,33-/m1/s1. The molecule has 1 aliphatic heterocycles. The lowest BCUT2D eigenvalue weighted by molar-refractivity contribution is -0.143. The molecule has 3 N–H and O–H groups in total. The van der Waals surface area contributed by atoms with Crippen LogP contribution in [0.5, 0.6) is 5.75 Å². The second-order valence-corrected chi connectivity index (χ2v) is 17.1. The van der Waals surface area contributed by atoms with Gasteiger partial charge in [0, 0.05) is 18.9 Å². The Hall–Kier alpha value is -4.54. The molecule has 2 aromatic rings. The van der Waals surface area contributed by atoms with Gasteiger partial charge in [-0.1, -0.05) is 39.0 Å². The number of hydrogen-bond acceptors (Lipinski definition) is 11. The van der Waals surface area contributed by atoms with Gasteiger partial charge in [0.2, 0.25) is 27.7 Å². The number of ether oxygens (including phenoxy) is 2. The van der Waals surface area contributed by atoms with E-state index in [1.807, 2.05) is 0 Å². The number of carbonyl (C=O) groups is 4. The monoisotopic (exact) mass is 714 g/mol. The number of likely N-dealkylation sites (tertiary alicyclic amines) is 1. The minimum atomic E-state index is -3.90. The van der Waals surface area contributed by atoms with E-state index >= 15 is 0 Å². The molecular weight excluding hydrogens is 668 g/mol. The van der Waals surface area contributed by atoms with Gasteiger partial charge >= 0.3 is 6.09 Å². The van der Waals surface area contributed by atoms with Crippen LogP contribution in [0.2, 0.25) is 0 Å². The van der Waals surface area contributed by atoms with Gasteiger partial charge in [-0.3, -0.25) is 19.1 Å². The number of amides is 4. The minimum Gasteiger partial charge on any atom is -0.496 e. The van der Waals surface area contributed by atoms with Crippen LogP contribution in [0.1, 0.15) is 73.3 Å². The van der Waals surface area contributed by atoms with Gasteiger partial charge in [0.25, 0.3) is 5.91 Å². The summed E-state index contributed by atoms with van der Waals surface area (Å²) in [6.07, 6.45) is 1.75. The first-order valence-corrected chi connectivity index (χ1v) is 18.1. The zero-order valence-electron chi connectivity index (χ0n) is 29.4. The van der Waals surface area contributed by atoms with E-state index in [2.05, 4.69) is 37.3 Å². The molecule has 3 aliphatic rings. The van der Waals surface area contributed by atoms with E-state index in [-0.39, 0.29) is 25.2 Å². The highest BCUT2D eigenvalue weighted by Crippen LogP contribution is 2.46. The van der Waals surface area contributed by atoms with Crippen molar-refractivity contribution in [1.29, 1.82) is 0 Å². The van der Waals surface area contributed by atoms with Gasteiger partial charge in [-0.2, -0.15) is 4.80 Å². The molecule has 1 aromatic heterocycles.